The number of benzene rings is 3. The average Bonchev–Trinajstić information content (AvgIpc) is 2.95. The topological polar surface area (TPSA) is 91.3 Å². The van der Waals surface area contributed by atoms with Gasteiger partial charge in [-0.05, 0) is 55.4 Å². The van der Waals surface area contributed by atoms with Gasteiger partial charge in [-0.2, -0.15) is 0 Å². The van der Waals surface area contributed by atoms with Gasteiger partial charge in [-0.1, -0.05) is 49.4 Å². The minimum absolute atomic E-state index is 0.00895. The van der Waals surface area contributed by atoms with Gasteiger partial charge in [0, 0.05) is 31.2 Å². The fourth-order valence-electron chi connectivity index (χ4n) is 4.92. The number of aliphatic hydroxyl groups excluding tert-OH is 1. The van der Waals surface area contributed by atoms with Crippen molar-refractivity contribution in [1.29, 1.82) is 0 Å². The second-order valence-electron chi connectivity index (χ2n) is 10.6. The van der Waals surface area contributed by atoms with Crippen molar-refractivity contribution in [2.24, 2.45) is 5.92 Å². The molecule has 40 heavy (non-hydrogen) atoms. The molecular formula is C32H39N3O5. The highest BCUT2D eigenvalue weighted by Gasteiger charge is 2.33. The van der Waals surface area contributed by atoms with Gasteiger partial charge in [0.15, 0.2) is 0 Å². The predicted molar refractivity (Wildman–Crippen MR) is 156 cm³/mol. The summed E-state index contributed by atoms with van der Waals surface area (Å²) in [5, 5.41) is 12.8. The lowest BCUT2D eigenvalue weighted by Gasteiger charge is -2.38. The molecule has 0 saturated heterocycles. The van der Waals surface area contributed by atoms with E-state index in [4.69, 9.17) is 9.47 Å². The number of methoxy groups -OCH3 is 1. The van der Waals surface area contributed by atoms with Crippen LogP contribution in [0.5, 0.6) is 11.5 Å². The molecule has 1 aliphatic heterocycles. The van der Waals surface area contributed by atoms with Crippen LogP contribution < -0.4 is 14.8 Å². The van der Waals surface area contributed by atoms with Gasteiger partial charge in [-0.3, -0.25) is 14.5 Å². The molecule has 3 aromatic rings. The number of ether oxygens (including phenoxy) is 2. The Morgan fingerprint density at radius 1 is 1.12 bits per heavy atom. The van der Waals surface area contributed by atoms with Crippen LogP contribution in [0.3, 0.4) is 0 Å². The Bertz CT molecular complexity index is 1280. The van der Waals surface area contributed by atoms with Gasteiger partial charge in [0.25, 0.3) is 5.91 Å². The highest BCUT2D eigenvalue weighted by atomic mass is 16.5. The minimum Gasteiger partial charge on any atom is -0.497 e. The summed E-state index contributed by atoms with van der Waals surface area (Å²) in [6, 6.07) is 22.3. The maximum absolute atomic E-state index is 13.7. The molecule has 4 rings (SSSR count). The van der Waals surface area contributed by atoms with Gasteiger partial charge in [0.05, 0.1) is 31.7 Å². The van der Waals surface area contributed by atoms with E-state index in [9.17, 15) is 14.7 Å². The van der Waals surface area contributed by atoms with Crippen molar-refractivity contribution < 1.29 is 24.2 Å². The van der Waals surface area contributed by atoms with E-state index < -0.39 is 0 Å². The van der Waals surface area contributed by atoms with E-state index in [1.165, 1.54) is 0 Å². The molecule has 0 radical (unpaired) electrons. The summed E-state index contributed by atoms with van der Waals surface area (Å²) in [4.78, 5) is 30.3. The number of hydrogen-bond acceptors (Lipinski definition) is 6. The molecule has 3 aromatic carbocycles. The fourth-order valence-corrected chi connectivity index (χ4v) is 4.92. The van der Waals surface area contributed by atoms with Crippen LogP contribution in [0.15, 0.2) is 72.8 Å². The zero-order chi connectivity index (χ0) is 28.6. The fraction of sp³-hybridized carbons (Fsp3) is 0.375. The maximum atomic E-state index is 13.7. The molecule has 0 aliphatic carbocycles. The van der Waals surface area contributed by atoms with Crippen molar-refractivity contribution in [2.75, 3.05) is 39.2 Å². The number of aliphatic hydroxyl groups is 1. The van der Waals surface area contributed by atoms with Gasteiger partial charge in [0.1, 0.15) is 17.6 Å². The van der Waals surface area contributed by atoms with Crippen LogP contribution in [0.4, 0.5) is 5.69 Å². The SMILES string of the molecule is COc1ccc(CN(C)C[C@H]2Oc3ccc(NC(=O)Cc4ccccc4)cc3C(=O)N([C@H](C)CO)C[C@@H]2C)cc1. The number of likely N-dealkylation sites (N-methyl/N-ethyl adjacent to an activating group) is 1. The Kier molecular flexibility index (Phi) is 9.79. The molecule has 3 atom stereocenters. The van der Waals surface area contributed by atoms with E-state index >= 15 is 0 Å². The molecule has 2 amide bonds. The average molecular weight is 546 g/mol. The molecule has 212 valence electrons. The van der Waals surface area contributed by atoms with Crippen LogP contribution in [-0.2, 0) is 17.8 Å². The van der Waals surface area contributed by atoms with Crippen molar-refractivity contribution in [3.8, 4) is 11.5 Å². The molecule has 0 unspecified atom stereocenters. The smallest absolute Gasteiger partial charge is 0.258 e. The number of hydrogen-bond donors (Lipinski definition) is 2. The first-order valence-electron chi connectivity index (χ1n) is 13.6. The third-order valence-electron chi connectivity index (χ3n) is 7.26. The van der Waals surface area contributed by atoms with Crippen LogP contribution in [0.25, 0.3) is 0 Å². The first-order chi connectivity index (χ1) is 19.3. The first kappa shape index (κ1) is 29.1. The first-order valence-corrected chi connectivity index (χ1v) is 13.6. The number of anilines is 1. The molecule has 0 aromatic heterocycles. The van der Waals surface area contributed by atoms with Crippen LogP contribution in [0.1, 0.15) is 35.3 Å². The van der Waals surface area contributed by atoms with E-state index in [-0.39, 0.29) is 42.9 Å². The number of carbonyl (C=O) groups excluding carboxylic acids is 2. The summed E-state index contributed by atoms with van der Waals surface area (Å²) in [7, 11) is 3.70. The van der Waals surface area contributed by atoms with Gasteiger partial charge >= 0.3 is 0 Å². The predicted octanol–water partition coefficient (Wildman–Crippen LogP) is 4.23. The Labute approximate surface area is 236 Å². The highest BCUT2D eigenvalue weighted by molar-refractivity contribution is 6.00. The van der Waals surface area contributed by atoms with E-state index in [2.05, 4.69) is 17.1 Å². The number of nitrogens with one attached hydrogen (secondary N) is 1. The van der Waals surface area contributed by atoms with Crippen molar-refractivity contribution in [1.82, 2.24) is 9.80 Å². The van der Waals surface area contributed by atoms with Gasteiger partial charge in [-0.15, -0.1) is 0 Å². The van der Waals surface area contributed by atoms with E-state index in [1.807, 2.05) is 68.6 Å². The molecule has 0 spiro atoms. The van der Waals surface area contributed by atoms with Crippen molar-refractivity contribution in [3.63, 3.8) is 0 Å². The van der Waals surface area contributed by atoms with E-state index in [0.29, 0.717) is 30.1 Å². The summed E-state index contributed by atoms with van der Waals surface area (Å²) >= 11 is 0. The van der Waals surface area contributed by atoms with Crippen LogP contribution in [0.2, 0.25) is 0 Å². The summed E-state index contributed by atoms with van der Waals surface area (Å²) in [6.45, 7) is 5.56. The molecule has 1 aliphatic rings. The molecule has 8 heteroatoms. The van der Waals surface area contributed by atoms with Crippen LogP contribution in [0, 0.1) is 5.92 Å². The molecule has 0 saturated carbocycles. The standard InChI is InChI=1S/C32H39N3O5/c1-22-18-35(23(2)21-36)32(38)28-17-26(33-31(37)16-24-8-6-5-7-9-24)12-15-29(28)40-30(22)20-34(3)19-25-10-13-27(39-4)14-11-25/h5-15,17,22-23,30,36H,16,18-21H2,1-4H3,(H,33,37)/t22-,23+,30+/m0/s1. The zero-order valence-corrected chi connectivity index (χ0v) is 23.7. The lowest BCUT2D eigenvalue weighted by Crippen LogP contribution is -2.49. The summed E-state index contributed by atoms with van der Waals surface area (Å²) in [6.07, 6.45) is 0.0258. The lowest BCUT2D eigenvalue weighted by atomic mass is 9.99. The number of nitrogens with zero attached hydrogens (tertiary/aromatic N) is 2. The second-order valence-corrected chi connectivity index (χ2v) is 10.6. The Morgan fingerprint density at radius 3 is 2.52 bits per heavy atom. The van der Waals surface area contributed by atoms with Gasteiger partial charge < -0.3 is 24.8 Å². The molecule has 0 bridgehead atoms. The van der Waals surface area contributed by atoms with Crippen molar-refractivity contribution in [3.05, 3.63) is 89.5 Å². The van der Waals surface area contributed by atoms with Crippen molar-refractivity contribution >= 4 is 17.5 Å². The third-order valence-corrected chi connectivity index (χ3v) is 7.26. The monoisotopic (exact) mass is 545 g/mol. The highest BCUT2D eigenvalue weighted by Crippen LogP contribution is 2.31. The largest absolute Gasteiger partial charge is 0.497 e. The van der Waals surface area contributed by atoms with Crippen molar-refractivity contribution in [2.45, 2.75) is 39.0 Å². The Hall–Kier alpha value is -3.88. The van der Waals surface area contributed by atoms with Gasteiger partial charge in [-0.25, -0.2) is 0 Å². The maximum Gasteiger partial charge on any atom is 0.258 e. The normalized spacial score (nSPS) is 17.9. The van der Waals surface area contributed by atoms with E-state index in [1.54, 1.807) is 30.2 Å². The minimum atomic E-state index is -0.366. The number of amides is 2. The molecule has 0 fully saturated rings. The number of carbonyl (C=O) groups is 2. The number of rotatable bonds is 10. The molecule has 1 heterocycles. The molecule has 8 nitrogen and oxygen atoms in total. The Balaban J connectivity index is 1.54. The summed E-state index contributed by atoms with van der Waals surface area (Å²) in [5.74, 6) is 0.897. The quantitative estimate of drug-likeness (QED) is 0.396. The van der Waals surface area contributed by atoms with Crippen LogP contribution in [-0.4, -0.2) is 72.7 Å². The molecular weight excluding hydrogens is 506 g/mol. The zero-order valence-electron chi connectivity index (χ0n) is 23.7. The third kappa shape index (κ3) is 7.40. The summed E-state index contributed by atoms with van der Waals surface area (Å²) < 4.78 is 11.8. The number of fused-ring (bicyclic) bond motifs is 1. The molecule has 2 N–H and O–H groups in total. The lowest BCUT2D eigenvalue weighted by molar-refractivity contribution is -0.115. The Morgan fingerprint density at radius 2 is 1.85 bits per heavy atom. The second kappa shape index (κ2) is 13.5. The summed E-state index contributed by atoms with van der Waals surface area (Å²) in [5.41, 5.74) is 2.95. The van der Waals surface area contributed by atoms with E-state index in [0.717, 1.165) is 23.4 Å². The van der Waals surface area contributed by atoms with Crippen LogP contribution >= 0.6 is 0 Å². The van der Waals surface area contributed by atoms with Gasteiger partial charge in [0.2, 0.25) is 5.91 Å².